The van der Waals surface area contributed by atoms with Gasteiger partial charge in [-0.2, -0.15) is 0 Å². The number of aromatic nitrogens is 2. The van der Waals surface area contributed by atoms with Crippen molar-refractivity contribution in [3.8, 4) is 5.88 Å². The maximum Gasteiger partial charge on any atom is 0.232 e. The minimum Gasteiger partial charge on any atom is -0.473 e. The van der Waals surface area contributed by atoms with Crippen LogP contribution in [-0.4, -0.2) is 58.3 Å². The first-order valence-corrected chi connectivity index (χ1v) is 8.55. The van der Waals surface area contributed by atoms with E-state index in [2.05, 4.69) is 9.97 Å². The summed E-state index contributed by atoms with van der Waals surface area (Å²) in [7, 11) is 0. The lowest BCUT2D eigenvalue weighted by Gasteiger charge is -2.54. The van der Waals surface area contributed by atoms with Crippen molar-refractivity contribution >= 4 is 5.91 Å². The van der Waals surface area contributed by atoms with Gasteiger partial charge in [0.2, 0.25) is 11.8 Å². The summed E-state index contributed by atoms with van der Waals surface area (Å²) in [6.07, 6.45) is 4.83. The molecule has 1 amide bonds. The van der Waals surface area contributed by atoms with E-state index in [1.165, 1.54) is 0 Å². The summed E-state index contributed by atoms with van der Waals surface area (Å²) in [4.78, 5) is 22.5. The average molecular weight is 335 g/mol. The van der Waals surface area contributed by atoms with Gasteiger partial charge in [-0.25, -0.2) is 9.37 Å². The molecule has 3 aliphatic rings. The molecular weight excluding hydrogens is 313 g/mol. The number of ether oxygens (including phenoxy) is 2. The Morgan fingerprint density at radius 1 is 1.42 bits per heavy atom. The molecule has 1 saturated carbocycles. The van der Waals surface area contributed by atoms with Gasteiger partial charge in [-0.3, -0.25) is 9.78 Å². The molecule has 3 fully saturated rings. The fourth-order valence-corrected chi connectivity index (χ4v) is 3.79. The highest BCUT2D eigenvalue weighted by Crippen LogP contribution is 2.39. The Balaban J connectivity index is 1.32. The Morgan fingerprint density at radius 3 is 2.92 bits per heavy atom. The van der Waals surface area contributed by atoms with Crippen LogP contribution in [0.25, 0.3) is 0 Å². The number of nitrogens with zero attached hydrogens (tertiary/aromatic N) is 3. The Hall–Kier alpha value is -1.76. The summed E-state index contributed by atoms with van der Waals surface area (Å²) in [5, 5.41) is 0. The molecular formula is C17H22FN3O3. The Morgan fingerprint density at radius 2 is 2.21 bits per heavy atom. The van der Waals surface area contributed by atoms with Crippen LogP contribution in [0.15, 0.2) is 12.4 Å². The monoisotopic (exact) mass is 335 g/mol. The van der Waals surface area contributed by atoms with Crippen LogP contribution >= 0.6 is 0 Å². The number of carbonyl (C=O) groups excluding carboxylic acids is 1. The number of carbonyl (C=O) groups is 1. The van der Waals surface area contributed by atoms with Gasteiger partial charge >= 0.3 is 0 Å². The molecule has 6 nitrogen and oxygen atoms in total. The van der Waals surface area contributed by atoms with Gasteiger partial charge in [0.1, 0.15) is 17.9 Å². The number of hydrogen-bond acceptors (Lipinski definition) is 5. The minimum atomic E-state index is -0.798. The van der Waals surface area contributed by atoms with Gasteiger partial charge in [0.25, 0.3) is 0 Å². The molecule has 1 spiro atoms. The van der Waals surface area contributed by atoms with Crippen molar-refractivity contribution in [1.82, 2.24) is 14.9 Å². The molecule has 0 N–H and O–H groups in total. The van der Waals surface area contributed by atoms with Crippen molar-refractivity contribution in [2.45, 2.75) is 50.5 Å². The molecule has 24 heavy (non-hydrogen) atoms. The molecule has 7 heteroatoms. The minimum absolute atomic E-state index is 0.0195. The normalized spacial score (nSPS) is 31.2. The SMILES string of the molecule is Cc1cncc(O[C@H]2CCOC3(C2)CN(C(=O)C2CC(F)C2)C3)n1. The lowest BCUT2D eigenvalue weighted by Crippen LogP contribution is -2.68. The Kier molecular flexibility index (Phi) is 3.90. The molecule has 130 valence electrons. The van der Waals surface area contributed by atoms with E-state index in [0.29, 0.717) is 38.4 Å². The zero-order chi connectivity index (χ0) is 16.7. The number of amides is 1. The smallest absolute Gasteiger partial charge is 0.232 e. The summed E-state index contributed by atoms with van der Waals surface area (Å²) >= 11 is 0. The number of likely N-dealkylation sites (tertiary alicyclic amines) is 1. The second-order valence-corrected chi connectivity index (χ2v) is 7.22. The lowest BCUT2D eigenvalue weighted by atomic mass is 9.79. The second-order valence-electron chi connectivity index (χ2n) is 7.22. The molecule has 4 rings (SSSR count). The molecule has 1 aromatic rings. The first kappa shape index (κ1) is 15.7. The van der Waals surface area contributed by atoms with Gasteiger partial charge in [-0.1, -0.05) is 0 Å². The maximum absolute atomic E-state index is 12.9. The highest BCUT2D eigenvalue weighted by molar-refractivity contribution is 5.81. The van der Waals surface area contributed by atoms with Gasteiger partial charge in [0, 0.05) is 25.0 Å². The topological polar surface area (TPSA) is 64.6 Å². The van der Waals surface area contributed by atoms with E-state index in [-0.39, 0.29) is 23.5 Å². The number of hydrogen-bond donors (Lipinski definition) is 0. The molecule has 1 aliphatic carbocycles. The van der Waals surface area contributed by atoms with E-state index < -0.39 is 6.17 Å². The van der Waals surface area contributed by atoms with Crippen LogP contribution in [0.5, 0.6) is 5.88 Å². The fourth-order valence-electron chi connectivity index (χ4n) is 3.79. The van der Waals surface area contributed by atoms with Crippen LogP contribution in [0.4, 0.5) is 4.39 Å². The summed E-state index contributed by atoms with van der Waals surface area (Å²) in [6, 6.07) is 0. The maximum atomic E-state index is 12.9. The Bertz CT molecular complexity index is 629. The van der Waals surface area contributed by atoms with Crippen LogP contribution < -0.4 is 4.74 Å². The van der Waals surface area contributed by atoms with Crippen LogP contribution in [-0.2, 0) is 9.53 Å². The van der Waals surface area contributed by atoms with Crippen LogP contribution in [0.3, 0.4) is 0 Å². The number of aryl methyl sites for hydroxylation is 1. The first-order chi connectivity index (χ1) is 11.5. The average Bonchev–Trinajstić information content (AvgIpc) is 2.49. The van der Waals surface area contributed by atoms with E-state index in [1.54, 1.807) is 17.3 Å². The number of alkyl halides is 1. The van der Waals surface area contributed by atoms with Crippen molar-refractivity contribution in [3.05, 3.63) is 18.1 Å². The van der Waals surface area contributed by atoms with Gasteiger partial charge in [0.05, 0.1) is 31.6 Å². The fraction of sp³-hybridized carbons (Fsp3) is 0.706. The zero-order valence-corrected chi connectivity index (χ0v) is 13.8. The van der Waals surface area contributed by atoms with E-state index >= 15 is 0 Å². The van der Waals surface area contributed by atoms with Crippen LogP contribution in [0.2, 0.25) is 0 Å². The van der Waals surface area contributed by atoms with E-state index in [9.17, 15) is 9.18 Å². The van der Waals surface area contributed by atoms with Gasteiger partial charge in [0.15, 0.2) is 0 Å². The summed E-state index contributed by atoms with van der Waals surface area (Å²) in [5.41, 5.74) is 0.510. The molecule has 0 radical (unpaired) electrons. The van der Waals surface area contributed by atoms with E-state index in [4.69, 9.17) is 9.47 Å². The molecule has 2 saturated heterocycles. The third-order valence-corrected chi connectivity index (χ3v) is 5.17. The van der Waals surface area contributed by atoms with Crippen LogP contribution in [0, 0.1) is 12.8 Å². The number of rotatable bonds is 3. The second kappa shape index (κ2) is 5.95. The molecule has 3 heterocycles. The van der Waals surface area contributed by atoms with Crippen molar-refractivity contribution in [2.75, 3.05) is 19.7 Å². The van der Waals surface area contributed by atoms with E-state index in [0.717, 1.165) is 18.5 Å². The predicted octanol–water partition coefficient (Wildman–Crippen LogP) is 1.67. The number of halogens is 1. The van der Waals surface area contributed by atoms with Crippen molar-refractivity contribution in [2.24, 2.45) is 5.92 Å². The van der Waals surface area contributed by atoms with Crippen molar-refractivity contribution < 1.29 is 18.7 Å². The predicted molar refractivity (Wildman–Crippen MR) is 83.3 cm³/mol. The molecule has 0 unspecified atom stereocenters. The first-order valence-electron chi connectivity index (χ1n) is 8.55. The quantitative estimate of drug-likeness (QED) is 0.841. The zero-order valence-electron chi connectivity index (χ0n) is 13.8. The highest BCUT2D eigenvalue weighted by atomic mass is 19.1. The lowest BCUT2D eigenvalue weighted by molar-refractivity contribution is -0.197. The standard InChI is InChI=1S/C17H22FN3O3/c1-11-7-19-8-15(20-11)24-14-2-3-23-17(6-14)9-21(10-17)16(22)12-4-13(18)5-12/h7-8,12-14H,2-6,9-10H2,1H3/t12?,13?,14-/m0/s1. The summed E-state index contributed by atoms with van der Waals surface area (Å²) in [6.45, 7) is 3.66. The van der Waals surface area contributed by atoms with Gasteiger partial charge < -0.3 is 14.4 Å². The third-order valence-electron chi connectivity index (χ3n) is 5.17. The van der Waals surface area contributed by atoms with Gasteiger partial charge in [-0.05, 0) is 19.8 Å². The molecule has 2 aliphatic heterocycles. The highest BCUT2D eigenvalue weighted by Gasteiger charge is 2.52. The van der Waals surface area contributed by atoms with Crippen LogP contribution in [0.1, 0.15) is 31.4 Å². The summed E-state index contributed by atoms with van der Waals surface area (Å²) in [5.74, 6) is 0.481. The van der Waals surface area contributed by atoms with Crippen molar-refractivity contribution in [1.29, 1.82) is 0 Å². The van der Waals surface area contributed by atoms with Gasteiger partial charge in [-0.15, -0.1) is 0 Å². The molecule has 0 bridgehead atoms. The van der Waals surface area contributed by atoms with Crippen molar-refractivity contribution in [3.63, 3.8) is 0 Å². The Labute approximate surface area is 140 Å². The largest absolute Gasteiger partial charge is 0.473 e. The molecule has 0 aromatic carbocycles. The van der Waals surface area contributed by atoms with E-state index in [1.807, 2.05) is 6.92 Å². The molecule has 1 atom stereocenters. The summed E-state index contributed by atoms with van der Waals surface area (Å²) < 4.78 is 24.8. The third kappa shape index (κ3) is 2.97. The molecule has 1 aromatic heterocycles.